The number of aromatic nitrogens is 3. The SMILES string of the molecule is Cc1cc2c(nc1C)sc1c(=O)n(CCc3ccccc3)cnc12. The molecule has 3 heterocycles. The summed E-state index contributed by atoms with van der Waals surface area (Å²) < 4.78 is 2.39. The molecule has 0 N–H and O–H groups in total. The van der Waals surface area contributed by atoms with Gasteiger partial charge >= 0.3 is 0 Å². The molecule has 0 aliphatic carbocycles. The van der Waals surface area contributed by atoms with Crippen molar-refractivity contribution in [2.45, 2.75) is 26.8 Å². The Morgan fingerprint density at radius 2 is 1.96 bits per heavy atom. The molecule has 0 spiro atoms. The van der Waals surface area contributed by atoms with Gasteiger partial charge in [-0.3, -0.25) is 9.36 Å². The summed E-state index contributed by atoms with van der Waals surface area (Å²) in [6, 6.07) is 12.3. The van der Waals surface area contributed by atoms with Crippen LogP contribution in [-0.4, -0.2) is 14.5 Å². The molecule has 0 saturated carbocycles. The molecule has 4 nitrogen and oxygen atoms in total. The van der Waals surface area contributed by atoms with Crippen LogP contribution in [0.3, 0.4) is 0 Å². The number of fused-ring (bicyclic) bond motifs is 3. The lowest BCUT2D eigenvalue weighted by Crippen LogP contribution is -2.20. The Hall–Kier alpha value is -2.53. The zero-order valence-corrected chi connectivity index (χ0v) is 14.4. The summed E-state index contributed by atoms with van der Waals surface area (Å²) in [5, 5.41) is 0.977. The van der Waals surface area contributed by atoms with E-state index in [2.05, 4.69) is 28.2 Å². The normalized spacial score (nSPS) is 11.4. The Bertz CT molecular complexity index is 1100. The first-order valence-electron chi connectivity index (χ1n) is 7.93. The lowest BCUT2D eigenvalue weighted by atomic mass is 10.1. The second kappa shape index (κ2) is 5.83. The summed E-state index contributed by atoms with van der Waals surface area (Å²) in [6.45, 7) is 4.66. The molecule has 0 aliphatic heterocycles. The molecule has 4 rings (SSSR count). The van der Waals surface area contributed by atoms with Gasteiger partial charge < -0.3 is 0 Å². The summed E-state index contributed by atoms with van der Waals surface area (Å²) in [4.78, 5) is 22.8. The minimum atomic E-state index is 0.0224. The molecule has 120 valence electrons. The lowest BCUT2D eigenvalue weighted by Gasteiger charge is -2.05. The van der Waals surface area contributed by atoms with Gasteiger partial charge in [0.1, 0.15) is 9.53 Å². The van der Waals surface area contributed by atoms with Gasteiger partial charge in [0.2, 0.25) is 0 Å². The molecule has 0 unspecified atom stereocenters. The Balaban J connectivity index is 1.77. The van der Waals surface area contributed by atoms with E-state index < -0.39 is 0 Å². The molecule has 5 heteroatoms. The van der Waals surface area contributed by atoms with E-state index in [1.54, 1.807) is 10.9 Å². The predicted molar refractivity (Wildman–Crippen MR) is 98.8 cm³/mol. The smallest absolute Gasteiger partial charge is 0.271 e. The van der Waals surface area contributed by atoms with E-state index in [0.29, 0.717) is 11.2 Å². The van der Waals surface area contributed by atoms with Crippen molar-refractivity contribution in [2.75, 3.05) is 0 Å². The number of thiophene rings is 1. The third kappa shape index (κ3) is 2.51. The number of aryl methyl sites for hydroxylation is 4. The maximum Gasteiger partial charge on any atom is 0.271 e. The maximum atomic E-state index is 12.8. The predicted octanol–water partition coefficient (Wildman–Crippen LogP) is 3.87. The van der Waals surface area contributed by atoms with Crippen LogP contribution in [0.5, 0.6) is 0 Å². The van der Waals surface area contributed by atoms with Crippen LogP contribution < -0.4 is 5.56 Å². The van der Waals surface area contributed by atoms with Crippen molar-refractivity contribution in [3.63, 3.8) is 0 Å². The molecule has 0 amide bonds. The third-order valence-corrected chi connectivity index (χ3v) is 5.44. The lowest BCUT2D eigenvalue weighted by molar-refractivity contribution is 0.663. The van der Waals surface area contributed by atoms with Gasteiger partial charge in [-0.15, -0.1) is 11.3 Å². The van der Waals surface area contributed by atoms with Crippen molar-refractivity contribution >= 4 is 31.8 Å². The van der Waals surface area contributed by atoms with E-state index in [0.717, 1.165) is 33.4 Å². The number of nitrogens with zero attached hydrogens (tertiary/aromatic N) is 3. The van der Waals surface area contributed by atoms with Gasteiger partial charge in [-0.25, -0.2) is 9.97 Å². The van der Waals surface area contributed by atoms with Gasteiger partial charge in [-0.2, -0.15) is 0 Å². The van der Waals surface area contributed by atoms with E-state index in [1.807, 2.05) is 32.0 Å². The van der Waals surface area contributed by atoms with Crippen LogP contribution >= 0.6 is 11.3 Å². The molecular formula is C19H17N3OS. The second-order valence-electron chi connectivity index (χ2n) is 6.00. The highest BCUT2D eigenvalue weighted by Gasteiger charge is 2.13. The summed E-state index contributed by atoms with van der Waals surface area (Å²) in [5.41, 5.74) is 4.13. The number of hydrogen-bond acceptors (Lipinski definition) is 4. The van der Waals surface area contributed by atoms with Crippen LogP contribution in [-0.2, 0) is 13.0 Å². The molecule has 24 heavy (non-hydrogen) atoms. The van der Waals surface area contributed by atoms with E-state index in [9.17, 15) is 4.79 Å². The topological polar surface area (TPSA) is 47.8 Å². The average Bonchev–Trinajstić information content (AvgIpc) is 2.94. The molecule has 0 saturated heterocycles. The first kappa shape index (κ1) is 15.0. The molecule has 0 radical (unpaired) electrons. The Morgan fingerprint density at radius 1 is 1.17 bits per heavy atom. The summed E-state index contributed by atoms with van der Waals surface area (Å²) >= 11 is 1.44. The van der Waals surface area contributed by atoms with Crippen LogP contribution in [0.2, 0.25) is 0 Å². The zero-order chi connectivity index (χ0) is 16.7. The van der Waals surface area contributed by atoms with Crippen LogP contribution in [0.4, 0.5) is 0 Å². The van der Waals surface area contributed by atoms with Gasteiger partial charge in [0.25, 0.3) is 5.56 Å². The first-order chi connectivity index (χ1) is 11.6. The van der Waals surface area contributed by atoms with E-state index >= 15 is 0 Å². The van der Waals surface area contributed by atoms with Crippen molar-refractivity contribution in [1.82, 2.24) is 14.5 Å². The van der Waals surface area contributed by atoms with E-state index in [1.165, 1.54) is 16.9 Å². The summed E-state index contributed by atoms with van der Waals surface area (Å²) in [7, 11) is 0. The molecule has 3 aromatic heterocycles. The average molecular weight is 335 g/mol. The Kier molecular flexibility index (Phi) is 3.65. The van der Waals surface area contributed by atoms with Crippen molar-refractivity contribution in [3.05, 3.63) is 69.9 Å². The zero-order valence-electron chi connectivity index (χ0n) is 13.6. The van der Waals surface area contributed by atoms with Crippen molar-refractivity contribution in [3.8, 4) is 0 Å². The van der Waals surface area contributed by atoms with Gasteiger partial charge in [0.15, 0.2) is 0 Å². The highest BCUT2D eigenvalue weighted by molar-refractivity contribution is 7.25. The minimum absolute atomic E-state index is 0.0224. The van der Waals surface area contributed by atoms with Gasteiger partial charge in [-0.1, -0.05) is 30.3 Å². The fourth-order valence-electron chi connectivity index (χ4n) is 2.84. The number of hydrogen-bond donors (Lipinski definition) is 0. The molecule has 4 aromatic rings. The highest BCUT2D eigenvalue weighted by Crippen LogP contribution is 2.30. The number of rotatable bonds is 3. The van der Waals surface area contributed by atoms with Crippen LogP contribution in [0.25, 0.3) is 20.4 Å². The monoisotopic (exact) mass is 335 g/mol. The maximum absolute atomic E-state index is 12.8. The fourth-order valence-corrected chi connectivity index (χ4v) is 3.94. The minimum Gasteiger partial charge on any atom is -0.298 e. The van der Waals surface area contributed by atoms with E-state index in [-0.39, 0.29) is 5.56 Å². The van der Waals surface area contributed by atoms with Gasteiger partial charge in [0, 0.05) is 17.6 Å². The molecule has 0 fully saturated rings. The van der Waals surface area contributed by atoms with Gasteiger partial charge in [-0.05, 0) is 37.5 Å². The Morgan fingerprint density at radius 3 is 2.75 bits per heavy atom. The van der Waals surface area contributed by atoms with Crippen molar-refractivity contribution in [1.29, 1.82) is 0 Å². The molecule has 0 bridgehead atoms. The number of pyridine rings is 1. The Labute approximate surface area is 143 Å². The quantitative estimate of drug-likeness (QED) is 0.571. The standard InChI is InChI=1S/C19H17N3OS/c1-12-10-15-16-17(24-18(15)21-13(12)2)19(23)22(11-20-16)9-8-14-6-4-3-5-7-14/h3-7,10-11H,8-9H2,1-2H3. The highest BCUT2D eigenvalue weighted by atomic mass is 32.1. The molecular weight excluding hydrogens is 318 g/mol. The van der Waals surface area contributed by atoms with Crippen LogP contribution in [0.15, 0.2) is 47.5 Å². The third-order valence-electron chi connectivity index (χ3n) is 4.37. The molecule has 1 aromatic carbocycles. The second-order valence-corrected chi connectivity index (χ2v) is 7.00. The molecule has 0 aliphatic rings. The van der Waals surface area contributed by atoms with Crippen LogP contribution in [0.1, 0.15) is 16.8 Å². The fraction of sp³-hybridized carbons (Fsp3) is 0.211. The largest absolute Gasteiger partial charge is 0.298 e. The molecule has 0 atom stereocenters. The van der Waals surface area contributed by atoms with E-state index in [4.69, 9.17) is 0 Å². The van der Waals surface area contributed by atoms with Crippen LogP contribution in [0, 0.1) is 13.8 Å². The van der Waals surface area contributed by atoms with Crippen molar-refractivity contribution < 1.29 is 0 Å². The summed E-state index contributed by atoms with van der Waals surface area (Å²) in [5.74, 6) is 0. The summed E-state index contributed by atoms with van der Waals surface area (Å²) in [6.07, 6.45) is 2.48. The first-order valence-corrected chi connectivity index (χ1v) is 8.75. The van der Waals surface area contributed by atoms with Gasteiger partial charge in [0.05, 0.1) is 11.8 Å². The number of benzene rings is 1. The van der Waals surface area contributed by atoms with Crippen molar-refractivity contribution in [2.24, 2.45) is 0 Å².